The number of aromatic nitrogens is 6. The molecule has 0 unspecified atom stereocenters. The minimum atomic E-state index is 0.0417. The first kappa shape index (κ1) is 15.9. The molecule has 2 aromatic rings. The molecule has 0 spiro atoms. The zero-order valence-corrected chi connectivity index (χ0v) is 11.5. The molecule has 0 saturated heterocycles. The predicted octanol–water partition coefficient (Wildman–Crippen LogP) is -1.52. The molecule has 0 atom stereocenters. The second-order valence-electron chi connectivity index (χ2n) is 3.71. The molecular formula is C9H18N12. The Hall–Kier alpha value is -3.18. The molecule has 12 nitrogen and oxygen atoms in total. The maximum absolute atomic E-state index is 5.35. The van der Waals surface area contributed by atoms with Crippen LogP contribution in [-0.4, -0.2) is 36.4 Å². The average Bonchev–Trinajstić information content (AvgIpc) is 2.34. The van der Waals surface area contributed by atoms with E-state index in [1.807, 2.05) is 6.92 Å². The molecule has 0 saturated carbocycles. The number of rotatable bonds is 3. The summed E-state index contributed by atoms with van der Waals surface area (Å²) in [7, 11) is 0. The van der Waals surface area contributed by atoms with Crippen molar-refractivity contribution in [2.45, 2.75) is 13.3 Å². The van der Waals surface area contributed by atoms with Gasteiger partial charge in [-0.15, -0.1) is 0 Å². The Bertz CT molecular complexity index is 514. The van der Waals surface area contributed by atoms with Gasteiger partial charge in [-0.3, -0.25) is 0 Å². The van der Waals surface area contributed by atoms with E-state index in [4.69, 9.17) is 28.7 Å². The molecule has 0 aromatic carbocycles. The normalized spacial score (nSPS) is 9.57. The highest BCUT2D eigenvalue weighted by Crippen LogP contribution is 2.02. The molecule has 0 aliphatic carbocycles. The number of hydrogen-bond donors (Lipinski definition) is 6. The predicted molar refractivity (Wildman–Crippen MR) is 80.5 cm³/mol. The molecule has 11 N–H and O–H groups in total. The van der Waals surface area contributed by atoms with Crippen molar-refractivity contribution in [1.82, 2.24) is 29.9 Å². The van der Waals surface area contributed by atoms with Gasteiger partial charge >= 0.3 is 0 Å². The zero-order chi connectivity index (χ0) is 15.8. The molecule has 12 heteroatoms. The first-order chi connectivity index (χ1) is 9.90. The van der Waals surface area contributed by atoms with Gasteiger partial charge in [-0.2, -0.15) is 29.9 Å². The highest BCUT2D eigenvalue weighted by atomic mass is 15.2. The highest BCUT2D eigenvalue weighted by molar-refractivity contribution is 5.36. The van der Waals surface area contributed by atoms with E-state index in [0.717, 1.165) is 13.0 Å². The van der Waals surface area contributed by atoms with Crippen LogP contribution in [0.15, 0.2) is 0 Å². The summed E-state index contributed by atoms with van der Waals surface area (Å²) in [5.74, 6) is 0.837. The van der Waals surface area contributed by atoms with E-state index >= 15 is 0 Å². The van der Waals surface area contributed by atoms with E-state index in [1.54, 1.807) is 0 Å². The monoisotopic (exact) mass is 294 g/mol. The molecule has 2 rings (SSSR count). The van der Waals surface area contributed by atoms with E-state index in [2.05, 4.69) is 35.2 Å². The molecule has 0 amide bonds. The summed E-state index contributed by atoms with van der Waals surface area (Å²) < 4.78 is 0. The fourth-order valence-electron chi connectivity index (χ4n) is 1.15. The van der Waals surface area contributed by atoms with Gasteiger partial charge in [0.15, 0.2) is 0 Å². The van der Waals surface area contributed by atoms with Crippen LogP contribution in [0.4, 0.5) is 35.7 Å². The van der Waals surface area contributed by atoms with Crippen molar-refractivity contribution in [3.05, 3.63) is 0 Å². The molecular weight excluding hydrogens is 276 g/mol. The van der Waals surface area contributed by atoms with Gasteiger partial charge in [0, 0.05) is 6.54 Å². The molecule has 0 aliphatic heterocycles. The molecule has 21 heavy (non-hydrogen) atoms. The molecule has 0 bridgehead atoms. The van der Waals surface area contributed by atoms with Crippen molar-refractivity contribution < 1.29 is 0 Å². The number of nitrogens with two attached hydrogens (primary N) is 5. The summed E-state index contributed by atoms with van der Waals surface area (Å²) in [6, 6.07) is 0. The smallest absolute Gasteiger partial charge is 0.229 e. The third kappa shape index (κ3) is 6.00. The SMILES string of the molecule is CCCNc1nc(N)nc(N)n1.Nc1nc(N)nc(N)n1. The Morgan fingerprint density at radius 2 is 1.00 bits per heavy atom. The third-order valence-electron chi connectivity index (χ3n) is 1.89. The maximum Gasteiger partial charge on any atom is 0.229 e. The van der Waals surface area contributed by atoms with Crippen LogP contribution in [0, 0.1) is 0 Å². The number of hydrogen-bond acceptors (Lipinski definition) is 12. The lowest BCUT2D eigenvalue weighted by Crippen LogP contribution is -2.09. The van der Waals surface area contributed by atoms with Gasteiger partial charge < -0.3 is 34.0 Å². The van der Waals surface area contributed by atoms with Crippen molar-refractivity contribution in [2.75, 3.05) is 40.5 Å². The quantitative estimate of drug-likeness (QED) is 0.379. The fraction of sp³-hybridized carbons (Fsp3) is 0.333. The summed E-state index contributed by atoms with van der Waals surface area (Å²) in [5, 5.41) is 2.95. The van der Waals surface area contributed by atoms with Crippen LogP contribution in [0.1, 0.15) is 13.3 Å². The minimum Gasteiger partial charge on any atom is -0.368 e. The van der Waals surface area contributed by atoms with E-state index < -0.39 is 0 Å². The second-order valence-corrected chi connectivity index (χ2v) is 3.71. The van der Waals surface area contributed by atoms with Gasteiger partial charge in [-0.25, -0.2) is 0 Å². The zero-order valence-electron chi connectivity index (χ0n) is 11.5. The number of anilines is 6. The van der Waals surface area contributed by atoms with Gasteiger partial charge in [0.2, 0.25) is 35.7 Å². The Labute approximate surface area is 120 Å². The van der Waals surface area contributed by atoms with Crippen molar-refractivity contribution in [3.63, 3.8) is 0 Å². The molecule has 0 aliphatic rings. The lowest BCUT2D eigenvalue weighted by molar-refractivity contribution is 0.945. The number of nitrogens with zero attached hydrogens (tertiary/aromatic N) is 6. The van der Waals surface area contributed by atoms with Crippen LogP contribution in [-0.2, 0) is 0 Å². The van der Waals surface area contributed by atoms with Crippen LogP contribution in [0.25, 0.3) is 0 Å². The van der Waals surface area contributed by atoms with Crippen molar-refractivity contribution in [1.29, 1.82) is 0 Å². The van der Waals surface area contributed by atoms with Crippen LogP contribution in [0.3, 0.4) is 0 Å². The van der Waals surface area contributed by atoms with Crippen LogP contribution in [0.2, 0.25) is 0 Å². The first-order valence-corrected chi connectivity index (χ1v) is 5.94. The fourth-order valence-corrected chi connectivity index (χ4v) is 1.15. The Kier molecular flexibility index (Phi) is 5.61. The molecule has 2 aromatic heterocycles. The molecule has 0 fully saturated rings. The standard InChI is InChI=1S/C6H12N6.C3H6N6/c1-2-3-9-6-11-4(7)10-5(8)12-6;4-1-7-2(5)9-3(6)8-1/h2-3H2,1H3,(H5,7,8,9,10,11,12);(H6,4,5,6,7,8,9). The summed E-state index contributed by atoms with van der Waals surface area (Å²) in [6.45, 7) is 2.84. The summed E-state index contributed by atoms with van der Waals surface area (Å²) >= 11 is 0. The van der Waals surface area contributed by atoms with Gasteiger partial charge in [0.05, 0.1) is 0 Å². The lowest BCUT2D eigenvalue weighted by Gasteiger charge is -2.02. The van der Waals surface area contributed by atoms with Crippen LogP contribution in [0.5, 0.6) is 0 Å². The molecule has 114 valence electrons. The van der Waals surface area contributed by atoms with Crippen LogP contribution >= 0.6 is 0 Å². The Morgan fingerprint density at radius 1 is 0.667 bits per heavy atom. The highest BCUT2D eigenvalue weighted by Gasteiger charge is 1.98. The molecule has 0 radical (unpaired) electrons. The topological polar surface area (TPSA) is 219 Å². The van der Waals surface area contributed by atoms with Crippen LogP contribution < -0.4 is 34.0 Å². The summed E-state index contributed by atoms with van der Waals surface area (Å²) in [5.41, 5.74) is 26.1. The molecule has 2 heterocycles. The van der Waals surface area contributed by atoms with Gasteiger partial charge in [-0.1, -0.05) is 6.92 Å². The maximum atomic E-state index is 5.35. The van der Waals surface area contributed by atoms with Crippen molar-refractivity contribution in [3.8, 4) is 0 Å². The first-order valence-electron chi connectivity index (χ1n) is 5.94. The number of nitrogen functional groups attached to an aromatic ring is 5. The van der Waals surface area contributed by atoms with Gasteiger partial charge in [0.25, 0.3) is 0 Å². The summed E-state index contributed by atoms with van der Waals surface area (Å²) in [6.07, 6.45) is 0.992. The second kappa shape index (κ2) is 7.42. The largest absolute Gasteiger partial charge is 0.368 e. The van der Waals surface area contributed by atoms with E-state index in [1.165, 1.54) is 0 Å². The van der Waals surface area contributed by atoms with E-state index in [0.29, 0.717) is 5.95 Å². The van der Waals surface area contributed by atoms with Gasteiger partial charge in [-0.05, 0) is 6.42 Å². The third-order valence-corrected chi connectivity index (χ3v) is 1.89. The number of nitrogens with one attached hydrogen (secondary N) is 1. The van der Waals surface area contributed by atoms with Crippen molar-refractivity contribution >= 4 is 35.7 Å². The minimum absolute atomic E-state index is 0.0417. The Morgan fingerprint density at radius 3 is 1.33 bits per heavy atom. The lowest BCUT2D eigenvalue weighted by atomic mass is 10.5. The average molecular weight is 294 g/mol. The van der Waals surface area contributed by atoms with Gasteiger partial charge in [0.1, 0.15) is 0 Å². The van der Waals surface area contributed by atoms with E-state index in [9.17, 15) is 0 Å². The Balaban J connectivity index is 0.000000219. The summed E-state index contributed by atoms with van der Waals surface area (Å²) in [4.78, 5) is 21.8. The van der Waals surface area contributed by atoms with Crippen molar-refractivity contribution in [2.24, 2.45) is 0 Å². The van der Waals surface area contributed by atoms with E-state index in [-0.39, 0.29) is 29.7 Å².